The number of nitrogens with one attached hydrogen (secondary N) is 1. The molecular formula is C14H16ClNO3S2. The number of hydrogen-bond acceptors (Lipinski definition) is 4. The van der Waals surface area contributed by atoms with E-state index >= 15 is 0 Å². The minimum Gasteiger partial charge on any atom is -0.492 e. The van der Waals surface area contributed by atoms with Gasteiger partial charge in [-0.3, -0.25) is 0 Å². The molecule has 0 unspecified atom stereocenters. The molecule has 1 heterocycles. The van der Waals surface area contributed by atoms with Crippen molar-refractivity contribution in [3.8, 4) is 5.75 Å². The Morgan fingerprint density at radius 3 is 2.67 bits per heavy atom. The van der Waals surface area contributed by atoms with Crippen molar-refractivity contribution in [2.24, 2.45) is 0 Å². The Morgan fingerprint density at radius 2 is 2.00 bits per heavy atom. The molecule has 2 rings (SSSR count). The fourth-order valence-electron chi connectivity index (χ4n) is 1.79. The lowest BCUT2D eigenvalue weighted by Crippen LogP contribution is -2.27. The number of hydrogen-bond donors (Lipinski definition) is 1. The van der Waals surface area contributed by atoms with Crippen molar-refractivity contribution >= 4 is 33.0 Å². The highest BCUT2D eigenvalue weighted by Gasteiger charge is 2.15. The van der Waals surface area contributed by atoms with E-state index < -0.39 is 10.0 Å². The molecular weight excluding hydrogens is 330 g/mol. The molecule has 0 amide bonds. The van der Waals surface area contributed by atoms with E-state index in [0.29, 0.717) is 4.34 Å². The molecule has 4 nitrogen and oxygen atoms in total. The first kappa shape index (κ1) is 16.3. The van der Waals surface area contributed by atoms with Crippen LogP contribution in [0.25, 0.3) is 0 Å². The van der Waals surface area contributed by atoms with E-state index in [-0.39, 0.29) is 17.4 Å². The highest BCUT2D eigenvalue weighted by Crippen LogP contribution is 2.25. The average molecular weight is 346 g/mol. The van der Waals surface area contributed by atoms with Gasteiger partial charge in [0.15, 0.2) is 0 Å². The molecule has 1 aromatic heterocycles. The second-order valence-electron chi connectivity index (χ2n) is 4.27. The highest BCUT2D eigenvalue weighted by atomic mass is 35.5. The maximum absolute atomic E-state index is 12.0. The fourth-order valence-corrected chi connectivity index (χ4v) is 4.33. The van der Waals surface area contributed by atoms with Crippen molar-refractivity contribution in [1.29, 1.82) is 0 Å². The van der Waals surface area contributed by atoms with Gasteiger partial charge >= 0.3 is 0 Å². The summed E-state index contributed by atoms with van der Waals surface area (Å²) in [4.78, 5) is 0. The number of ether oxygens (including phenoxy) is 1. The monoisotopic (exact) mass is 345 g/mol. The Balaban J connectivity index is 1.87. The van der Waals surface area contributed by atoms with Crippen LogP contribution >= 0.6 is 22.9 Å². The summed E-state index contributed by atoms with van der Waals surface area (Å²) in [5, 5.41) is 0. The van der Waals surface area contributed by atoms with Crippen LogP contribution in [0.2, 0.25) is 4.34 Å². The maximum atomic E-state index is 12.0. The first-order valence-corrected chi connectivity index (χ1v) is 9.16. The zero-order chi connectivity index (χ0) is 15.3. The SMILES string of the molecule is CCc1ccccc1OCCNS(=O)(=O)c1ccc(Cl)s1. The summed E-state index contributed by atoms with van der Waals surface area (Å²) in [5.41, 5.74) is 1.10. The van der Waals surface area contributed by atoms with Gasteiger partial charge in [0.25, 0.3) is 0 Å². The Hall–Kier alpha value is -1.08. The summed E-state index contributed by atoms with van der Waals surface area (Å²) in [6, 6.07) is 10.8. The highest BCUT2D eigenvalue weighted by molar-refractivity contribution is 7.91. The van der Waals surface area contributed by atoms with Gasteiger partial charge < -0.3 is 4.74 Å². The molecule has 1 aromatic carbocycles. The minimum absolute atomic E-state index is 0.204. The molecule has 0 radical (unpaired) electrons. The number of benzene rings is 1. The van der Waals surface area contributed by atoms with Crippen LogP contribution in [0.4, 0.5) is 0 Å². The molecule has 0 fully saturated rings. The molecule has 114 valence electrons. The Labute approximate surface area is 133 Å². The quantitative estimate of drug-likeness (QED) is 0.783. The van der Waals surface area contributed by atoms with E-state index in [4.69, 9.17) is 16.3 Å². The van der Waals surface area contributed by atoms with E-state index in [1.165, 1.54) is 6.07 Å². The first-order valence-electron chi connectivity index (χ1n) is 6.48. The second-order valence-corrected chi connectivity index (χ2v) is 7.97. The topological polar surface area (TPSA) is 55.4 Å². The van der Waals surface area contributed by atoms with Crippen molar-refractivity contribution in [1.82, 2.24) is 4.72 Å². The van der Waals surface area contributed by atoms with E-state index in [1.807, 2.05) is 31.2 Å². The maximum Gasteiger partial charge on any atom is 0.250 e. The van der Waals surface area contributed by atoms with Gasteiger partial charge in [0.2, 0.25) is 10.0 Å². The van der Waals surface area contributed by atoms with Gasteiger partial charge in [0.05, 0.1) is 4.34 Å². The predicted molar refractivity (Wildman–Crippen MR) is 85.8 cm³/mol. The number of sulfonamides is 1. The zero-order valence-corrected chi connectivity index (χ0v) is 13.9. The van der Waals surface area contributed by atoms with Crippen molar-refractivity contribution in [3.05, 3.63) is 46.3 Å². The third-order valence-electron chi connectivity index (χ3n) is 2.82. The van der Waals surface area contributed by atoms with E-state index in [2.05, 4.69) is 4.72 Å². The number of aryl methyl sites for hydroxylation is 1. The Kier molecular flexibility index (Phi) is 5.64. The number of rotatable bonds is 7. The van der Waals surface area contributed by atoms with Crippen molar-refractivity contribution in [2.75, 3.05) is 13.2 Å². The molecule has 1 N–H and O–H groups in total. The number of halogens is 1. The van der Waals surface area contributed by atoms with Crippen LogP contribution in [0.3, 0.4) is 0 Å². The van der Waals surface area contributed by atoms with E-state index in [9.17, 15) is 8.42 Å². The average Bonchev–Trinajstić information content (AvgIpc) is 2.91. The standard InChI is InChI=1S/C14H16ClNO3S2/c1-2-11-5-3-4-6-12(11)19-10-9-16-21(17,18)14-8-7-13(15)20-14/h3-8,16H,2,9-10H2,1H3. The van der Waals surface area contributed by atoms with Crippen LogP contribution in [0, 0.1) is 0 Å². The number of thiophene rings is 1. The van der Waals surface area contributed by atoms with Gasteiger partial charge in [-0.2, -0.15) is 0 Å². The van der Waals surface area contributed by atoms with Crippen LogP contribution < -0.4 is 9.46 Å². The third-order valence-corrected chi connectivity index (χ3v) is 6.00. The molecule has 2 aromatic rings. The Bertz CT molecular complexity index is 698. The molecule has 21 heavy (non-hydrogen) atoms. The lowest BCUT2D eigenvalue weighted by Gasteiger charge is -2.10. The summed E-state index contributed by atoms with van der Waals surface area (Å²) in [7, 11) is -3.51. The van der Waals surface area contributed by atoms with Crippen LogP contribution in [0.15, 0.2) is 40.6 Å². The molecule has 0 aliphatic carbocycles. The molecule has 0 saturated carbocycles. The van der Waals surface area contributed by atoms with Gasteiger partial charge in [0.1, 0.15) is 16.6 Å². The van der Waals surface area contributed by atoms with Gasteiger partial charge in [-0.25, -0.2) is 13.1 Å². The predicted octanol–water partition coefficient (Wildman–Crippen LogP) is 3.32. The van der Waals surface area contributed by atoms with E-state index in [1.54, 1.807) is 6.07 Å². The second kappa shape index (κ2) is 7.26. The van der Waals surface area contributed by atoms with Crippen molar-refractivity contribution < 1.29 is 13.2 Å². The van der Waals surface area contributed by atoms with Gasteiger partial charge in [-0.1, -0.05) is 36.7 Å². The largest absolute Gasteiger partial charge is 0.492 e. The first-order chi connectivity index (χ1) is 10.0. The summed E-state index contributed by atoms with van der Waals surface area (Å²) in [5.74, 6) is 0.790. The Morgan fingerprint density at radius 1 is 1.24 bits per heavy atom. The molecule has 0 atom stereocenters. The molecule has 0 saturated heterocycles. The molecule has 0 bridgehead atoms. The minimum atomic E-state index is -3.51. The lowest BCUT2D eigenvalue weighted by atomic mass is 10.1. The molecule has 7 heteroatoms. The summed E-state index contributed by atoms with van der Waals surface area (Å²) >= 11 is 6.77. The van der Waals surface area contributed by atoms with Crippen LogP contribution in [-0.4, -0.2) is 21.6 Å². The number of para-hydroxylation sites is 1. The summed E-state index contributed by atoms with van der Waals surface area (Å²) < 4.78 is 32.7. The lowest BCUT2D eigenvalue weighted by molar-refractivity contribution is 0.320. The third kappa shape index (κ3) is 4.44. The van der Waals surface area contributed by atoms with Crippen molar-refractivity contribution in [2.45, 2.75) is 17.6 Å². The smallest absolute Gasteiger partial charge is 0.250 e. The molecule has 0 aliphatic rings. The molecule has 0 spiro atoms. The summed E-state index contributed by atoms with van der Waals surface area (Å²) in [6.07, 6.45) is 0.871. The van der Waals surface area contributed by atoms with Crippen LogP contribution in [-0.2, 0) is 16.4 Å². The fraction of sp³-hybridized carbons (Fsp3) is 0.286. The van der Waals surface area contributed by atoms with Gasteiger partial charge in [-0.05, 0) is 30.2 Å². The summed E-state index contributed by atoms with van der Waals surface area (Å²) in [6.45, 7) is 2.52. The normalized spacial score (nSPS) is 11.5. The van der Waals surface area contributed by atoms with Gasteiger partial charge in [-0.15, -0.1) is 11.3 Å². The zero-order valence-electron chi connectivity index (χ0n) is 11.5. The van der Waals surface area contributed by atoms with Gasteiger partial charge in [0, 0.05) is 6.54 Å². The molecule has 0 aliphatic heterocycles. The van der Waals surface area contributed by atoms with Crippen molar-refractivity contribution in [3.63, 3.8) is 0 Å². The van der Waals surface area contributed by atoms with Crippen LogP contribution in [0.1, 0.15) is 12.5 Å². The van der Waals surface area contributed by atoms with Crippen LogP contribution in [0.5, 0.6) is 5.75 Å². The van der Waals surface area contributed by atoms with E-state index in [0.717, 1.165) is 29.1 Å².